The fourth-order valence-electron chi connectivity index (χ4n) is 5.48. The number of methoxy groups -OCH3 is 1. The molecule has 3 aliphatic rings. The average Bonchev–Trinajstić information content (AvgIpc) is 2.52. The monoisotopic (exact) mass is 335 g/mol. The van der Waals surface area contributed by atoms with E-state index in [1.165, 1.54) is 11.1 Å². The molecule has 2 fully saturated rings. The van der Waals surface area contributed by atoms with Crippen LogP contribution in [0.25, 0.3) is 0 Å². The first kappa shape index (κ1) is 16.8. The second-order valence-electron chi connectivity index (χ2n) is 7.51. The second-order valence-corrected chi connectivity index (χ2v) is 7.51. The predicted octanol–water partition coefficient (Wildman–Crippen LogP) is 3.13. The minimum absolute atomic E-state index is 0. The molecule has 1 saturated carbocycles. The van der Waals surface area contributed by atoms with Crippen LogP contribution in [0.5, 0.6) is 5.75 Å². The van der Waals surface area contributed by atoms with Gasteiger partial charge in [-0.1, -0.05) is 19.9 Å². The van der Waals surface area contributed by atoms with Gasteiger partial charge in [0.1, 0.15) is 11.5 Å². The van der Waals surface area contributed by atoms with Crippen molar-refractivity contribution >= 4 is 18.2 Å². The van der Waals surface area contributed by atoms with Crippen LogP contribution in [0.15, 0.2) is 18.2 Å². The maximum absolute atomic E-state index is 12.7. The molecule has 0 aromatic heterocycles. The Morgan fingerprint density at radius 3 is 2.83 bits per heavy atom. The van der Waals surface area contributed by atoms with Crippen molar-refractivity contribution in [3.63, 3.8) is 0 Å². The van der Waals surface area contributed by atoms with Crippen molar-refractivity contribution < 1.29 is 9.53 Å². The summed E-state index contributed by atoms with van der Waals surface area (Å²) in [6.07, 6.45) is 2.86. The summed E-state index contributed by atoms with van der Waals surface area (Å²) in [5, 5.41) is 3.74. The van der Waals surface area contributed by atoms with Crippen LogP contribution in [0.3, 0.4) is 0 Å². The van der Waals surface area contributed by atoms with Crippen molar-refractivity contribution in [3.05, 3.63) is 29.3 Å². The number of benzene rings is 1. The summed E-state index contributed by atoms with van der Waals surface area (Å²) >= 11 is 0. The molecule has 5 atom stereocenters. The number of ether oxygens (including phenoxy) is 1. The summed E-state index contributed by atoms with van der Waals surface area (Å²) in [6, 6.07) is 6.99. The third-order valence-electron chi connectivity index (χ3n) is 6.70. The zero-order valence-electron chi connectivity index (χ0n) is 14.1. The van der Waals surface area contributed by atoms with Gasteiger partial charge in [0.25, 0.3) is 0 Å². The zero-order chi connectivity index (χ0) is 15.5. The topological polar surface area (TPSA) is 38.3 Å². The summed E-state index contributed by atoms with van der Waals surface area (Å²) in [4.78, 5) is 12.7. The lowest BCUT2D eigenvalue weighted by atomic mass is 9.48. The molecule has 0 amide bonds. The van der Waals surface area contributed by atoms with Crippen LogP contribution in [0.4, 0.5) is 0 Å². The Morgan fingerprint density at radius 2 is 2.09 bits per heavy atom. The molecule has 2 aliphatic carbocycles. The van der Waals surface area contributed by atoms with E-state index in [-0.39, 0.29) is 23.7 Å². The van der Waals surface area contributed by atoms with Gasteiger partial charge in [-0.25, -0.2) is 0 Å². The highest BCUT2D eigenvalue weighted by Gasteiger charge is 2.57. The molecule has 4 rings (SSSR count). The fraction of sp³-hybridized carbons (Fsp3) is 0.632. The first-order valence-electron chi connectivity index (χ1n) is 8.50. The minimum Gasteiger partial charge on any atom is -0.497 e. The molecule has 0 radical (unpaired) electrons. The van der Waals surface area contributed by atoms with E-state index < -0.39 is 0 Å². The standard InChI is InChI=1S/C19H25NO2.ClH/c1-11-12(2)18-16-8-13-4-5-14(22-3)9-15(13)19(18,6-7-20-16)10-17(11)21;/h4-5,9,11-12,16,18,20H,6-8,10H2,1-3H3;1H/t11?,12?,16-,18+,19-;/m1./s1. The number of nitrogens with one attached hydrogen (secondary N) is 1. The molecular weight excluding hydrogens is 310 g/mol. The van der Waals surface area contributed by atoms with Gasteiger partial charge in [0.15, 0.2) is 0 Å². The van der Waals surface area contributed by atoms with Crippen molar-refractivity contribution in [1.29, 1.82) is 0 Å². The third-order valence-corrected chi connectivity index (χ3v) is 6.70. The Balaban J connectivity index is 0.00000156. The number of hydrogen-bond donors (Lipinski definition) is 1. The minimum atomic E-state index is 0. The molecule has 1 aromatic carbocycles. The lowest BCUT2D eigenvalue weighted by Crippen LogP contribution is -2.64. The molecule has 1 saturated heterocycles. The molecule has 2 bridgehead atoms. The maximum Gasteiger partial charge on any atom is 0.136 e. The van der Waals surface area contributed by atoms with Gasteiger partial charge >= 0.3 is 0 Å². The van der Waals surface area contributed by atoms with Crippen LogP contribution < -0.4 is 10.1 Å². The van der Waals surface area contributed by atoms with Crippen molar-refractivity contribution in [2.24, 2.45) is 17.8 Å². The molecule has 2 unspecified atom stereocenters. The molecule has 3 nitrogen and oxygen atoms in total. The number of hydrogen-bond acceptors (Lipinski definition) is 3. The lowest BCUT2D eigenvalue weighted by Gasteiger charge is -2.58. The van der Waals surface area contributed by atoms with Gasteiger partial charge in [-0.15, -0.1) is 12.4 Å². The van der Waals surface area contributed by atoms with Gasteiger partial charge in [0.05, 0.1) is 7.11 Å². The number of piperidine rings is 1. The van der Waals surface area contributed by atoms with Gasteiger partial charge in [-0.05, 0) is 54.5 Å². The Bertz CT molecular complexity index is 632. The third kappa shape index (κ3) is 2.24. The number of Topliss-reactive ketones (excluding diaryl/α,β-unsaturated/α-hetero) is 1. The number of ketones is 1. The first-order valence-corrected chi connectivity index (χ1v) is 8.50. The van der Waals surface area contributed by atoms with Gasteiger partial charge in [0, 0.05) is 23.8 Å². The first-order chi connectivity index (χ1) is 10.6. The molecule has 4 heteroatoms. The highest BCUT2D eigenvalue weighted by molar-refractivity contribution is 5.85. The van der Waals surface area contributed by atoms with E-state index in [2.05, 4.69) is 37.4 Å². The smallest absolute Gasteiger partial charge is 0.136 e. The van der Waals surface area contributed by atoms with E-state index in [1.54, 1.807) is 7.11 Å². The van der Waals surface area contributed by atoms with Crippen molar-refractivity contribution in [3.8, 4) is 5.75 Å². The quantitative estimate of drug-likeness (QED) is 0.857. The van der Waals surface area contributed by atoms with Gasteiger partial charge in [-0.2, -0.15) is 0 Å². The van der Waals surface area contributed by atoms with Crippen LogP contribution in [0.2, 0.25) is 0 Å². The van der Waals surface area contributed by atoms with Crippen LogP contribution in [-0.2, 0) is 16.6 Å². The van der Waals surface area contributed by atoms with E-state index in [0.717, 1.165) is 25.1 Å². The molecule has 0 spiro atoms. The van der Waals surface area contributed by atoms with E-state index in [0.29, 0.717) is 30.1 Å². The zero-order valence-corrected chi connectivity index (χ0v) is 14.9. The molecule has 1 N–H and O–H groups in total. The maximum atomic E-state index is 12.7. The molecule has 1 heterocycles. The summed E-state index contributed by atoms with van der Waals surface area (Å²) in [5.74, 6) is 2.56. The molecule has 1 aliphatic heterocycles. The highest BCUT2D eigenvalue weighted by Crippen LogP contribution is 2.56. The summed E-state index contributed by atoms with van der Waals surface area (Å²) in [5.41, 5.74) is 2.83. The van der Waals surface area contributed by atoms with E-state index >= 15 is 0 Å². The number of fused-ring (bicyclic) bond motifs is 1. The predicted molar refractivity (Wildman–Crippen MR) is 93.5 cm³/mol. The molecule has 1 aromatic rings. The number of carbonyl (C=O) groups excluding carboxylic acids is 1. The van der Waals surface area contributed by atoms with Gasteiger partial charge < -0.3 is 10.1 Å². The summed E-state index contributed by atoms with van der Waals surface area (Å²) in [7, 11) is 1.72. The number of halogens is 1. The molecule has 23 heavy (non-hydrogen) atoms. The van der Waals surface area contributed by atoms with Crippen molar-refractivity contribution in [2.75, 3.05) is 13.7 Å². The second kappa shape index (κ2) is 5.78. The summed E-state index contributed by atoms with van der Waals surface area (Å²) in [6.45, 7) is 5.43. The molecule has 126 valence electrons. The normalized spacial score (nSPS) is 38.1. The fourth-order valence-corrected chi connectivity index (χ4v) is 5.48. The van der Waals surface area contributed by atoms with Crippen molar-refractivity contribution in [1.82, 2.24) is 5.32 Å². The van der Waals surface area contributed by atoms with E-state index in [9.17, 15) is 4.79 Å². The van der Waals surface area contributed by atoms with E-state index in [1.807, 2.05) is 0 Å². The number of rotatable bonds is 1. The van der Waals surface area contributed by atoms with Crippen molar-refractivity contribution in [2.45, 2.75) is 44.6 Å². The van der Waals surface area contributed by atoms with E-state index in [4.69, 9.17) is 4.74 Å². The van der Waals surface area contributed by atoms with Crippen LogP contribution in [0.1, 0.15) is 37.8 Å². The highest BCUT2D eigenvalue weighted by atomic mass is 35.5. The lowest BCUT2D eigenvalue weighted by molar-refractivity contribution is -0.134. The Labute approximate surface area is 144 Å². The Morgan fingerprint density at radius 1 is 1.30 bits per heavy atom. The van der Waals surface area contributed by atoms with Crippen LogP contribution in [0, 0.1) is 17.8 Å². The number of carbonyl (C=O) groups is 1. The summed E-state index contributed by atoms with van der Waals surface area (Å²) < 4.78 is 5.47. The van der Waals surface area contributed by atoms with Crippen LogP contribution in [-0.4, -0.2) is 25.5 Å². The van der Waals surface area contributed by atoms with Crippen LogP contribution >= 0.6 is 12.4 Å². The van der Waals surface area contributed by atoms with Gasteiger partial charge in [-0.3, -0.25) is 4.79 Å². The Hall–Kier alpha value is -1.06. The largest absolute Gasteiger partial charge is 0.497 e. The SMILES string of the molecule is COc1ccc2c(c1)[C@]13CCN[C@H](C2)[C@@H]1C(C)C(C)C(=O)C3.Cl. The Kier molecular flexibility index (Phi) is 4.22. The average molecular weight is 336 g/mol. The van der Waals surface area contributed by atoms with Gasteiger partial charge in [0.2, 0.25) is 0 Å². The molecular formula is C19H26ClNO2.